The van der Waals surface area contributed by atoms with Crippen LogP contribution in [0.5, 0.6) is 11.5 Å². The van der Waals surface area contributed by atoms with E-state index in [0.717, 1.165) is 30.9 Å². The van der Waals surface area contributed by atoms with Crippen LogP contribution in [0.3, 0.4) is 0 Å². The predicted octanol–water partition coefficient (Wildman–Crippen LogP) is 8.04. The van der Waals surface area contributed by atoms with Crippen molar-refractivity contribution in [2.75, 3.05) is 13.2 Å². The first kappa shape index (κ1) is 30.9. The van der Waals surface area contributed by atoms with Crippen LogP contribution < -0.4 is 9.47 Å². The molecule has 1 aliphatic heterocycles. The van der Waals surface area contributed by atoms with Crippen molar-refractivity contribution in [3.8, 4) is 11.5 Å². The highest BCUT2D eigenvalue weighted by atomic mass is 127. The van der Waals surface area contributed by atoms with Gasteiger partial charge in [-0.15, -0.1) is 0 Å². The summed E-state index contributed by atoms with van der Waals surface area (Å²) in [6.07, 6.45) is 1.71. The maximum Gasteiger partial charge on any atom is 0.344 e. The molecule has 0 unspecified atom stereocenters. The molecular formula is C31H27BrINO6S. The summed E-state index contributed by atoms with van der Waals surface area (Å²) in [4.78, 5) is 30.2. The number of aliphatic hydroxyl groups is 1. The number of aryl methyl sites for hydroxylation is 1. The van der Waals surface area contributed by atoms with E-state index in [1.165, 1.54) is 0 Å². The summed E-state index contributed by atoms with van der Waals surface area (Å²) in [7, 11) is 0. The van der Waals surface area contributed by atoms with Gasteiger partial charge < -0.3 is 19.3 Å². The maximum atomic E-state index is 12.9. The van der Waals surface area contributed by atoms with Crippen molar-refractivity contribution >= 4 is 73.3 Å². The summed E-state index contributed by atoms with van der Waals surface area (Å²) in [5, 5.41) is 11.1. The van der Waals surface area contributed by atoms with Gasteiger partial charge in [0.15, 0.2) is 11.5 Å². The Kier molecular flexibility index (Phi) is 10.7. The van der Waals surface area contributed by atoms with E-state index in [4.69, 9.17) is 14.2 Å². The Balaban J connectivity index is 1.67. The summed E-state index contributed by atoms with van der Waals surface area (Å²) in [6.45, 7) is 6.37. The first-order valence-electron chi connectivity index (χ1n) is 12.7. The van der Waals surface area contributed by atoms with Crippen molar-refractivity contribution in [1.82, 2.24) is 0 Å². The molecule has 41 heavy (non-hydrogen) atoms. The van der Waals surface area contributed by atoms with E-state index in [2.05, 4.69) is 43.5 Å². The smallest absolute Gasteiger partial charge is 0.344 e. The lowest BCUT2D eigenvalue weighted by Gasteiger charge is -2.15. The average Bonchev–Trinajstić information content (AvgIpc) is 3.23. The van der Waals surface area contributed by atoms with Crippen LogP contribution in [0.2, 0.25) is 0 Å². The molecule has 4 rings (SSSR count). The van der Waals surface area contributed by atoms with Gasteiger partial charge in [-0.1, -0.05) is 57.5 Å². The second-order valence-electron chi connectivity index (χ2n) is 8.82. The van der Waals surface area contributed by atoms with Crippen LogP contribution in [0.15, 0.2) is 86.4 Å². The van der Waals surface area contributed by atoms with E-state index in [-0.39, 0.29) is 23.0 Å². The van der Waals surface area contributed by atoms with Gasteiger partial charge >= 0.3 is 5.97 Å². The molecular weight excluding hydrogens is 721 g/mol. The first-order valence-corrected chi connectivity index (χ1v) is 15.4. The van der Waals surface area contributed by atoms with Crippen LogP contribution in [-0.4, -0.2) is 35.2 Å². The molecule has 1 N–H and O–H groups in total. The fourth-order valence-corrected chi connectivity index (χ4v) is 5.86. The Morgan fingerprint density at radius 1 is 1.02 bits per heavy atom. The lowest BCUT2D eigenvalue weighted by atomic mass is 10.1. The first-order chi connectivity index (χ1) is 19.7. The van der Waals surface area contributed by atoms with E-state index in [0.29, 0.717) is 40.7 Å². The van der Waals surface area contributed by atoms with Gasteiger partial charge in [-0.3, -0.25) is 4.79 Å². The number of aliphatic imine (C=N–C) groups is 1. The van der Waals surface area contributed by atoms with Crippen molar-refractivity contribution < 1.29 is 28.9 Å². The minimum Gasteiger partial charge on any atom is -0.506 e. The minimum atomic E-state index is -0.752. The highest BCUT2D eigenvalue weighted by Crippen LogP contribution is 2.41. The zero-order chi connectivity index (χ0) is 29.5. The molecule has 1 heterocycles. The van der Waals surface area contributed by atoms with Crippen LogP contribution >= 0.6 is 50.3 Å². The number of amides is 1. The molecule has 7 nitrogen and oxygen atoms in total. The van der Waals surface area contributed by atoms with Gasteiger partial charge in [0.1, 0.15) is 23.0 Å². The summed E-state index contributed by atoms with van der Waals surface area (Å²) in [5.41, 5.74) is 2.95. The van der Waals surface area contributed by atoms with Gasteiger partial charge in [-0.25, -0.2) is 9.79 Å². The monoisotopic (exact) mass is 747 g/mol. The standard InChI is InChI=1S/C31H27BrINO6S/c1-4-38-24-15-20(14-23(33)28(24)40-17-19-8-12-22(32)13-9-19)16-25-27(35)26(31(37)39-5-2)30(41-25)34-29(36)21-10-6-18(3)7-11-21/h6-16,35H,4-5,17H2,1-3H3/b25-16-,34-30?. The van der Waals surface area contributed by atoms with Crippen LogP contribution in [0.25, 0.3) is 6.08 Å². The second-order valence-corrected chi connectivity index (χ2v) is 11.9. The number of nitrogens with zero attached hydrogens (tertiary/aromatic N) is 1. The molecule has 10 heteroatoms. The third-order valence-corrected chi connectivity index (χ3v) is 8.15. The Labute approximate surface area is 265 Å². The van der Waals surface area contributed by atoms with Gasteiger partial charge in [-0.2, -0.15) is 0 Å². The van der Waals surface area contributed by atoms with Crippen molar-refractivity contribution in [1.29, 1.82) is 0 Å². The summed E-state index contributed by atoms with van der Waals surface area (Å²) >= 11 is 6.65. The number of hydrogen-bond donors (Lipinski definition) is 1. The number of hydrogen-bond acceptors (Lipinski definition) is 7. The Morgan fingerprint density at radius 2 is 1.73 bits per heavy atom. The van der Waals surface area contributed by atoms with Crippen molar-refractivity contribution in [3.63, 3.8) is 0 Å². The normalized spacial score (nSPS) is 15.0. The molecule has 0 radical (unpaired) electrons. The number of esters is 1. The topological polar surface area (TPSA) is 94.4 Å². The van der Waals surface area contributed by atoms with Gasteiger partial charge in [0, 0.05) is 10.0 Å². The third-order valence-electron chi connectivity index (χ3n) is 5.80. The Morgan fingerprint density at radius 3 is 2.39 bits per heavy atom. The number of halogens is 2. The summed E-state index contributed by atoms with van der Waals surface area (Å²) in [6, 6.07) is 18.5. The summed E-state index contributed by atoms with van der Waals surface area (Å²) < 4.78 is 19.0. The molecule has 0 aliphatic carbocycles. The quantitative estimate of drug-likeness (QED) is 0.175. The van der Waals surface area contributed by atoms with Gasteiger partial charge in [0.2, 0.25) is 0 Å². The molecule has 0 spiro atoms. The Bertz CT molecular complexity index is 1550. The zero-order valence-corrected chi connectivity index (χ0v) is 27.1. The number of carbonyl (C=O) groups is 2. The SMILES string of the molecule is CCOC(=O)C1=C(O)/C(=C/c2cc(I)c(OCc3ccc(Br)cc3)c(OCC)c2)SC1=NC(=O)c1ccc(C)cc1. The fraction of sp³-hybridized carbons (Fsp3) is 0.194. The molecule has 212 valence electrons. The van der Waals surface area contributed by atoms with E-state index >= 15 is 0 Å². The van der Waals surface area contributed by atoms with Crippen LogP contribution in [-0.2, 0) is 16.1 Å². The molecule has 0 aromatic heterocycles. The number of ether oxygens (including phenoxy) is 3. The Hall–Kier alpha value is -3.09. The molecule has 0 atom stereocenters. The van der Waals surface area contributed by atoms with Gasteiger partial charge in [0.05, 0.1) is 21.7 Å². The minimum absolute atomic E-state index is 0.0759. The van der Waals surface area contributed by atoms with E-state index in [1.54, 1.807) is 31.2 Å². The lowest BCUT2D eigenvalue weighted by Crippen LogP contribution is -2.14. The predicted molar refractivity (Wildman–Crippen MR) is 174 cm³/mol. The van der Waals surface area contributed by atoms with Gasteiger partial charge in [0.25, 0.3) is 5.91 Å². The molecule has 1 amide bonds. The molecule has 0 saturated heterocycles. The number of carbonyl (C=O) groups excluding carboxylic acids is 2. The van der Waals surface area contributed by atoms with Crippen LogP contribution in [0.1, 0.15) is 40.9 Å². The molecule has 0 bridgehead atoms. The number of aliphatic hydroxyl groups excluding tert-OH is 1. The van der Waals surface area contributed by atoms with Crippen molar-refractivity contribution in [2.45, 2.75) is 27.4 Å². The van der Waals surface area contributed by atoms with E-state index in [1.807, 2.05) is 56.3 Å². The lowest BCUT2D eigenvalue weighted by molar-refractivity contribution is -0.138. The molecule has 0 fully saturated rings. The number of thioether (sulfide) groups is 1. The largest absolute Gasteiger partial charge is 0.506 e. The number of rotatable bonds is 9. The fourth-order valence-electron chi connectivity index (χ4n) is 3.81. The summed E-state index contributed by atoms with van der Waals surface area (Å²) in [5.74, 6) is -0.424. The van der Waals surface area contributed by atoms with Crippen molar-refractivity contribution in [2.24, 2.45) is 4.99 Å². The van der Waals surface area contributed by atoms with Gasteiger partial charge in [-0.05, 0) is 97.0 Å². The zero-order valence-electron chi connectivity index (χ0n) is 22.6. The third kappa shape index (κ3) is 7.81. The second kappa shape index (κ2) is 14.2. The molecule has 3 aromatic carbocycles. The highest BCUT2D eigenvalue weighted by Gasteiger charge is 2.34. The maximum absolute atomic E-state index is 12.9. The van der Waals surface area contributed by atoms with Crippen LogP contribution in [0, 0.1) is 10.5 Å². The average molecular weight is 748 g/mol. The van der Waals surface area contributed by atoms with Crippen LogP contribution in [0.4, 0.5) is 0 Å². The molecule has 0 saturated carbocycles. The molecule has 1 aliphatic rings. The number of benzene rings is 3. The van der Waals surface area contributed by atoms with Crippen molar-refractivity contribution in [3.05, 3.63) is 107 Å². The molecule has 3 aromatic rings. The highest BCUT2D eigenvalue weighted by molar-refractivity contribution is 14.1. The van der Waals surface area contributed by atoms with E-state index < -0.39 is 11.9 Å². The van der Waals surface area contributed by atoms with E-state index in [9.17, 15) is 14.7 Å².